The van der Waals surface area contributed by atoms with E-state index in [1.54, 1.807) is 24.5 Å². The number of hydrogen-bond donors (Lipinski definition) is 1. The summed E-state index contributed by atoms with van der Waals surface area (Å²) >= 11 is 0. The fourth-order valence-corrected chi connectivity index (χ4v) is 3.53. The highest BCUT2D eigenvalue weighted by atomic mass is 16.1. The zero-order valence-corrected chi connectivity index (χ0v) is 15.9. The molecule has 0 radical (unpaired) electrons. The number of aryl methyl sites for hydroxylation is 1. The van der Waals surface area contributed by atoms with Crippen molar-refractivity contribution in [3.63, 3.8) is 0 Å². The highest BCUT2D eigenvalue weighted by Crippen LogP contribution is 2.21. The van der Waals surface area contributed by atoms with Crippen LogP contribution in [-0.2, 0) is 6.42 Å². The Balaban J connectivity index is 1.86. The molecule has 1 atom stereocenters. The second-order valence-corrected chi connectivity index (χ2v) is 7.33. The van der Waals surface area contributed by atoms with Gasteiger partial charge in [-0.25, -0.2) is 4.98 Å². The van der Waals surface area contributed by atoms with Gasteiger partial charge in [-0.1, -0.05) is 26.8 Å². The first kappa shape index (κ1) is 18.5. The van der Waals surface area contributed by atoms with Gasteiger partial charge >= 0.3 is 0 Å². The maximum atomic E-state index is 12.9. The van der Waals surface area contributed by atoms with Crippen molar-refractivity contribution in [1.29, 1.82) is 0 Å². The van der Waals surface area contributed by atoms with Gasteiger partial charge in [0.2, 0.25) is 5.78 Å². The number of rotatable bonds is 6. The molecule has 2 aromatic rings. The van der Waals surface area contributed by atoms with Crippen molar-refractivity contribution >= 4 is 11.6 Å². The molecular weight excluding hydrogens is 324 g/mol. The largest absolute Gasteiger partial charge is 0.354 e. The fourth-order valence-electron chi connectivity index (χ4n) is 3.53. The molecule has 0 aromatic carbocycles. The molecule has 0 spiro atoms. The molecule has 26 heavy (non-hydrogen) atoms. The minimum absolute atomic E-state index is 0.0503. The zero-order chi connectivity index (χ0) is 18.5. The number of anilines is 1. The number of hydrogen-bond acceptors (Lipinski definition) is 5. The summed E-state index contributed by atoms with van der Waals surface area (Å²) in [6.45, 7) is 9.34. The molecule has 1 N–H and O–H groups in total. The van der Waals surface area contributed by atoms with Crippen molar-refractivity contribution in [2.45, 2.75) is 39.7 Å². The van der Waals surface area contributed by atoms with Gasteiger partial charge in [-0.15, -0.1) is 0 Å². The first-order valence-electron chi connectivity index (χ1n) is 9.51. The fraction of sp³-hybridized carbons (Fsp3) is 0.476. The third kappa shape index (κ3) is 4.28. The first-order valence-corrected chi connectivity index (χ1v) is 9.51. The van der Waals surface area contributed by atoms with E-state index in [4.69, 9.17) is 4.98 Å². The van der Waals surface area contributed by atoms with Crippen molar-refractivity contribution in [2.24, 2.45) is 5.92 Å². The smallest absolute Gasteiger partial charge is 0.213 e. The number of piperazine rings is 1. The van der Waals surface area contributed by atoms with E-state index < -0.39 is 0 Å². The van der Waals surface area contributed by atoms with Crippen LogP contribution in [0.2, 0.25) is 0 Å². The molecule has 1 aliphatic rings. The van der Waals surface area contributed by atoms with E-state index in [0.717, 1.165) is 43.9 Å². The molecule has 0 unspecified atom stereocenters. The summed E-state index contributed by atoms with van der Waals surface area (Å²) in [5.74, 6) is 1.50. The highest BCUT2D eigenvalue weighted by Gasteiger charge is 2.23. The maximum absolute atomic E-state index is 12.9. The van der Waals surface area contributed by atoms with Crippen LogP contribution < -0.4 is 10.2 Å². The third-order valence-corrected chi connectivity index (χ3v) is 4.82. The van der Waals surface area contributed by atoms with E-state index in [9.17, 15) is 4.79 Å². The number of ketones is 1. The summed E-state index contributed by atoms with van der Waals surface area (Å²) in [5.41, 5.74) is 2.12. The molecule has 3 heterocycles. The van der Waals surface area contributed by atoms with E-state index >= 15 is 0 Å². The summed E-state index contributed by atoms with van der Waals surface area (Å²) in [7, 11) is 0. The topological polar surface area (TPSA) is 58.1 Å². The van der Waals surface area contributed by atoms with Gasteiger partial charge in [0.25, 0.3) is 0 Å². The maximum Gasteiger partial charge on any atom is 0.213 e. The molecule has 0 bridgehead atoms. The van der Waals surface area contributed by atoms with Crippen molar-refractivity contribution in [1.82, 2.24) is 15.3 Å². The van der Waals surface area contributed by atoms with Gasteiger partial charge in [0.05, 0.1) is 0 Å². The van der Waals surface area contributed by atoms with E-state index in [1.165, 1.54) is 0 Å². The van der Waals surface area contributed by atoms with E-state index in [1.807, 2.05) is 6.07 Å². The number of nitrogens with one attached hydrogen (secondary N) is 1. The Hall–Kier alpha value is -2.27. The van der Waals surface area contributed by atoms with Gasteiger partial charge in [-0.2, -0.15) is 0 Å². The number of aromatic nitrogens is 2. The molecule has 1 fully saturated rings. The lowest BCUT2D eigenvalue weighted by molar-refractivity contribution is 0.103. The lowest BCUT2D eigenvalue weighted by Crippen LogP contribution is -2.51. The Bertz CT molecular complexity index is 745. The van der Waals surface area contributed by atoms with Crippen LogP contribution >= 0.6 is 0 Å². The Morgan fingerprint density at radius 3 is 2.88 bits per heavy atom. The average Bonchev–Trinajstić information content (AvgIpc) is 2.67. The minimum atomic E-state index is -0.0503. The normalized spacial score (nSPS) is 17.5. The molecule has 138 valence electrons. The first-order chi connectivity index (χ1) is 12.6. The van der Waals surface area contributed by atoms with E-state index in [0.29, 0.717) is 23.2 Å². The molecule has 5 nitrogen and oxygen atoms in total. The van der Waals surface area contributed by atoms with Crippen LogP contribution in [0.5, 0.6) is 0 Å². The van der Waals surface area contributed by atoms with Crippen LogP contribution in [0, 0.1) is 5.92 Å². The van der Waals surface area contributed by atoms with Gasteiger partial charge in [-0.05, 0) is 42.5 Å². The molecule has 1 saturated heterocycles. The second-order valence-electron chi connectivity index (χ2n) is 7.33. The standard InChI is InChI=1S/C21H28N4O/c1-4-16-7-8-19(25-11-10-23-18(14-25)12-15(2)3)24-20(16)21(26)17-6-5-9-22-13-17/h5-9,13,15,18,23H,4,10-12,14H2,1-3H3/t18-/m0/s1. The SMILES string of the molecule is CCc1ccc(N2CCN[C@@H](CC(C)C)C2)nc1C(=O)c1cccnc1. The number of pyridine rings is 2. The molecule has 1 aliphatic heterocycles. The van der Waals surface area contributed by atoms with Crippen LogP contribution in [0.3, 0.4) is 0 Å². The lowest BCUT2D eigenvalue weighted by Gasteiger charge is -2.35. The Labute approximate surface area is 155 Å². The predicted molar refractivity (Wildman–Crippen MR) is 105 cm³/mol. The van der Waals surface area contributed by atoms with Crippen LogP contribution in [-0.4, -0.2) is 41.4 Å². The number of carbonyl (C=O) groups is 1. The lowest BCUT2D eigenvalue weighted by atomic mass is 10.0. The van der Waals surface area contributed by atoms with Crippen molar-refractivity contribution in [3.05, 3.63) is 53.5 Å². The Kier molecular flexibility index (Phi) is 5.99. The molecule has 0 aliphatic carbocycles. The summed E-state index contributed by atoms with van der Waals surface area (Å²) in [6, 6.07) is 8.15. The van der Waals surface area contributed by atoms with Gasteiger partial charge in [0.15, 0.2) is 0 Å². The molecular formula is C21H28N4O. The molecule has 5 heteroatoms. The molecule has 0 saturated carbocycles. The predicted octanol–water partition coefficient (Wildman–Crippen LogP) is 3.09. The number of nitrogens with zero attached hydrogens (tertiary/aromatic N) is 3. The van der Waals surface area contributed by atoms with Gasteiger partial charge in [-0.3, -0.25) is 9.78 Å². The van der Waals surface area contributed by atoms with Crippen molar-refractivity contribution in [2.75, 3.05) is 24.5 Å². The summed E-state index contributed by atoms with van der Waals surface area (Å²) in [5, 5.41) is 3.59. The quantitative estimate of drug-likeness (QED) is 0.810. The molecule has 3 rings (SSSR count). The molecule has 2 aromatic heterocycles. The van der Waals surface area contributed by atoms with Crippen LogP contribution in [0.4, 0.5) is 5.82 Å². The van der Waals surface area contributed by atoms with Crippen molar-refractivity contribution < 1.29 is 4.79 Å². The van der Waals surface area contributed by atoms with E-state index in [-0.39, 0.29) is 5.78 Å². The summed E-state index contributed by atoms with van der Waals surface area (Å²) in [4.78, 5) is 24.1. The molecule has 0 amide bonds. The average molecular weight is 352 g/mol. The zero-order valence-electron chi connectivity index (χ0n) is 15.9. The van der Waals surface area contributed by atoms with Gasteiger partial charge < -0.3 is 10.2 Å². The van der Waals surface area contributed by atoms with Crippen LogP contribution in [0.1, 0.15) is 48.8 Å². The van der Waals surface area contributed by atoms with Gasteiger partial charge in [0.1, 0.15) is 11.5 Å². The Morgan fingerprint density at radius 2 is 2.19 bits per heavy atom. The Morgan fingerprint density at radius 1 is 1.35 bits per heavy atom. The van der Waals surface area contributed by atoms with Crippen LogP contribution in [0.15, 0.2) is 36.7 Å². The third-order valence-electron chi connectivity index (χ3n) is 4.82. The monoisotopic (exact) mass is 352 g/mol. The number of carbonyl (C=O) groups excluding carboxylic acids is 1. The van der Waals surface area contributed by atoms with Gasteiger partial charge in [0, 0.05) is 43.6 Å². The second kappa shape index (κ2) is 8.41. The van der Waals surface area contributed by atoms with E-state index in [2.05, 4.69) is 42.0 Å². The van der Waals surface area contributed by atoms with Crippen molar-refractivity contribution in [3.8, 4) is 0 Å². The highest BCUT2D eigenvalue weighted by molar-refractivity contribution is 6.08. The summed E-state index contributed by atoms with van der Waals surface area (Å²) in [6.07, 6.45) is 5.22. The van der Waals surface area contributed by atoms with Crippen LogP contribution in [0.25, 0.3) is 0 Å². The summed E-state index contributed by atoms with van der Waals surface area (Å²) < 4.78 is 0. The minimum Gasteiger partial charge on any atom is -0.354 e.